The molecule has 2 aromatic rings. The lowest BCUT2D eigenvalue weighted by Gasteiger charge is -2.13. The van der Waals surface area contributed by atoms with Crippen LogP contribution in [0, 0.1) is 0 Å². The van der Waals surface area contributed by atoms with E-state index in [1.807, 2.05) is 50.2 Å². The van der Waals surface area contributed by atoms with Gasteiger partial charge in [0.05, 0.1) is 10.6 Å². The Bertz CT molecular complexity index is 702. The largest absolute Gasteiger partial charge is 0.223 e. The van der Waals surface area contributed by atoms with Crippen molar-refractivity contribution in [3.05, 3.63) is 65.2 Å². The predicted octanol–water partition coefficient (Wildman–Crippen LogP) is 4.15. The standard InChI is InChI=1S/C15H14O2S.C2H6/c1-11-13-7-3-2-6-12(13)10-18(16,17)15-9-5-4-8-14(11)15;1-2/h2-9,11H,10H2,1H3;1-2H3. The molecule has 2 aromatic carbocycles. The minimum atomic E-state index is -3.22. The molecule has 0 N–H and O–H groups in total. The van der Waals surface area contributed by atoms with Gasteiger partial charge in [-0.25, -0.2) is 8.42 Å². The van der Waals surface area contributed by atoms with E-state index >= 15 is 0 Å². The molecule has 1 aliphatic heterocycles. The smallest absolute Gasteiger partial charge is 0.182 e. The first-order chi connectivity index (χ1) is 9.59. The molecule has 1 atom stereocenters. The maximum Gasteiger partial charge on any atom is 0.182 e. The van der Waals surface area contributed by atoms with E-state index in [4.69, 9.17) is 0 Å². The van der Waals surface area contributed by atoms with Gasteiger partial charge in [0.2, 0.25) is 0 Å². The Kier molecular flexibility index (Phi) is 4.29. The summed E-state index contributed by atoms with van der Waals surface area (Å²) in [5.74, 6) is 0.222. The van der Waals surface area contributed by atoms with Gasteiger partial charge in [-0.3, -0.25) is 0 Å². The number of rotatable bonds is 0. The maximum atomic E-state index is 12.4. The SMILES string of the molecule is CC.CC1c2ccccc2CS(=O)(=O)c2ccccc21. The van der Waals surface area contributed by atoms with Crippen molar-refractivity contribution in [3.8, 4) is 0 Å². The van der Waals surface area contributed by atoms with Crippen molar-refractivity contribution in [1.82, 2.24) is 0 Å². The highest BCUT2D eigenvalue weighted by molar-refractivity contribution is 7.90. The zero-order chi connectivity index (χ0) is 14.8. The summed E-state index contributed by atoms with van der Waals surface area (Å²) in [5.41, 5.74) is 2.94. The van der Waals surface area contributed by atoms with E-state index in [1.54, 1.807) is 12.1 Å². The third-order valence-corrected chi connectivity index (χ3v) is 5.32. The van der Waals surface area contributed by atoms with Crippen molar-refractivity contribution < 1.29 is 8.42 Å². The summed E-state index contributed by atoms with van der Waals surface area (Å²) in [6.45, 7) is 6.07. The number of sulfone groups is 1. The Labute approximate surface area is 121 Å². The number of hydrogen-bond donors (Lipinski definition) is 0. The van der Waals surface area contributed by atoms with Crippen molar-refractivity contribution in [3.63, 3.8) is 0 Å². The molecule has 0 saturated carbocycles. The van der Waals surface area contributed by atoms with Gasteiger partial charge >= 0.3 is 0 Å². The van der Waals surface area contributed by atoms with Crippen LogP contribution in [0.5, 0.6) is 0 Å². The van der Waals surface area contributed by atoms with Crippen molar-refractivity contribution in [1.29, 1.82) is 0 Å². The van der Waals surface area contributed by atoms with E-state index in [0.717, 1.165) is 16.7 Å². The zero-order valence-corrected chi connectivity index (χ0v) is 12.9. The molecule has 3 rings (SSSR count). The maximum absolute atomic E-state index is 12.4. The molecule has 0 aliphatic carbocycles. The van der Waals surface area contributed by atoms with Crippen LogP contribution in [-0.2, 0) is 15.6 Å². The van der Waals surface area contributed by atoms with E-state index in [1.165, 1.54) is 0 Å². The van der Waals surface area contributed by atoms with Crippen molar-refractivity contribution >= 4 is 9.84 Å². The highest BCUT2D eigenvalue weighted by Gasteiger charge is 2.28. The second kappa shape index (κ2) is 5.80. The summed E-state index contributed by atoms with van der Waals surface area (Å²) in [6, 6.07) is 15.1. The van der Waals surface area contributed by atoms with Crippen LogP contribution in [0.15, 0.2) is 53.4 Å². The van der Waals surface area contributed by atoms with Gasteiger partial charge in [-0.2, -0.15) is 0 Å². The molecule has 0 bridgehead atoms. The Morgan fingerprint density at radius 2 is 1.45 bits per heavy atom. The van der Waals surface area contributed by atoms with Crippen molar-refractivity contribution in [2.45, 2.75) is 37.3 Å². The molecule has 0 spiro atoms. The molecule has 0 aromatic heterocycles. The third-order valence-electron chi connectivity index (χ3n) is 3.59. The van der Waals surface area contributed by atoms with Crippen LogP contribution < -0.4 is 0 Å². The quantitative estimate of drug-likeness (QED) is 0.729. The molecule has 106 valence electrons. The minimum Gasteiger partial charge on any atom is -0.223 e. The fourth-order valence-corrected chi connectivity index (χ4v) is 4.38. The molecule has 3 heteroatoms. The second-order valence-corrected chi connectivity index (χ2v) is 6.68. The van der Waals surface area contributed by atoms with E-state index in [2.05, 4.69) is 6.92 Å². The first-order valence-electron chi connectivity index (χ1n) is 6.99. The molecule has 20 heavy (non-hydrogen) atoms. The van der Waals surface area contributed by atoms with Crippen LogP contribution in [0.25, 0.3) is 0 Å². The molecule has 2 nitrogen and oxygen atoms in total. The Balaban J connectivity index is 0.000000704. The lowest BCUT2D eigenvalue weighted by Crippen LogP contribution is -2.05. The van der Waals surface area contributed by atoms with Crippen LogP contribution in [0.1, 0.15) is 43.4 Å². The predicted molar refractivity (Wildman–Crippen MR) is 82.6 cm³/mol. The first kappa shape index (κ1) is 14.8. The van der Waals surface area contributed by atoms with E-state index < -0.39 is 9.84 Å². The summed E-state index contributed by atoms with van der Waals surface area (Å²) in [5, 5.41) is 0. The highest BCUT2D eigenvalue weighted by Crippen LogP contribution is 2.36. The lowest BCUT2D eigenvalue weighted by atomic mass is 9.90. The van der Waals surface area contributed by atoms with Gasteiger partial charge in [0.25, 0.3) is 0 Å². The monoisotopic (exact) mass is 288 g/mol. The Morgan fingerprint density at radius 1 is 0.900 bits per heavy atom. The molecule has 0 amide bonds. The van der Waals surface area contributed by atoms with Crippen LogP contribution in [0.4, 0.5) is 0 Å². The van der Waals surface area contributed by atoms with Crippen LogP contribution in [-0.4, -0.2) is 8.42 Å². The summed E-state index contributed by atoms with van der Waals surface area (Å²) in [4.78, 5) is 0.480. The minimum absolute atomic E-state index is 0.102. The number of hydrogen-bond acceptors (Lipinski definition) is 2. The van der Waals surface area contributed by atoms with Crippen molar-refractivity contribution in [2.75, 3.05) is 0 Å². The van der Waals surface area contributed by atoms with E-state index in [-0.39, 0.29) is 11.7 Å². The Morgan fingerprint density at radius 3 is 2.15 bits per heavy atom. The normalized spacial score (nSPS) is 18.9. The average molecular weight is 288 g/mol. The zero-order valence-electron chi connectivity index (χ0n) is 12.1. The van der Waals surface area contributed by atoms with Gasteiger partial charge in [0.1, 0.15) is 0 Å². The first-order valence-corrected chi connectivity index (χ1v) is 8.64. The van der Waals surface area contributed by atoms with Crippen LogP contribution in [0.3, 0.4) is 0 Å². The molecular formula is C17H20O2S. The van der Waals surface area contributed by atoms with Gasteiger partial charge in [-0.05, 0) is 22.8 Å². The second-order valence-electron chi connectivity index (χ2n) is 4.72. The van der Waals surface area contributed by atoms with Gasteiger partial charge in [0.15, 0.2) is 9.84 Å². The summed E-state index contributed by atoms with van der Waals surface area (Å²) < 4.78 is 24.8. The number of fused-ring (bicyclic) bond motifs is 2. The fraction of sp³-hybridized carbons (Fsp3) is 0.294. The molecule has 0 saturated heterocycles. The molecule has 0 radical (unpaired) electrons. The summed E-state index contributed by atoms with van der Waals surface area (Å²) in [7, 11) is -3.22. The Hall–Kier alpha value is -1.61. The van der Waals surface area contributed by atoms with Gasteiger partial charge in [-0.1, -0.05) is 63.2 Å². The van der Waals surface area contributed by atoms with Crippen molar-refractivity contribution in [2.24, 2.45) is 0 Å². The number of benzene rings is 2. The molecular weight excluding hydrogens is 268 g/mol. The summed E-state index contributed by atoms with van der Waals surface area (Å²) >= 11 is 0. The average Bonchev–Trinajstić information content (AvgIpc) is 2.56. The molecule has 1 heterocycles. The van der Waals surface area contributed by atoms with E-state index in [9.17, 15) is 8.42 Å². The highest BCUT2D eigenvalue weighted by atomic mass is 32.2. The van der Waals surface area contributed by atoms with Gasteiger partial charge in [0, 0.05) is 5.92 Å². The summed E-state index contributed by atoms with van der Waals surface area (Å²) in [6.07, 6.45) is 0. The van der Waals surface area contributed by atoms with Crippen LogP contribution in [0.2, 0.25) is 0 Å². The topological polar surface area (TPSA) is 34.1 Å². The molecule has 0 fully saturated rings. The van der Waals surface area contributed by atoms with Crippen LogP contribution >= 0.6 is 0 Å². The fourth-order valence-electron chi connectivity index (χ4n) is 2.66. The van der Waals surface area contributed by atoms with Gasteiger partial charge in [-0.15, -0.1) is 0 Å². The third kappa shape index (κ3) is 2.50. The molecule has 1 aliphatic rings. The molecule has 1 unspecified atom stereocenters. The van der Waals surface area contributed by atoms with E-state index in [0.29, 0.717) is 4.90 Å². The lowest BCUT2D eigenvalue weighted by molar-refractivity contribution is 0.595. The van der Waals surface area contributed by atoms with Gasteiger partial charge < -0.3 is 0 Å².